The second-order valence-corrected chi connectivity index (χ2v) is 3.20. The van der Waals surface area contributed by atoms with Crippen molar-refractivity contribution in [3.8, 4) is 0 Å². The number of benzene rings is 1. The molecule has 0 fully saturated rings. The smallest absolute Gasteiger partial charge is 0.130 e. The van der Waals surface area contributed by atoms with Gasteiger partial charge in [-0.25, -0.2) is 0 Å². The number of hydrogen-bond acceptors (Lipinski definition) is 1. The molecule has 1 rings (SSSR count). The first-order valence-corrected chi connectivity index (χ1v) is 4.31. The summed E-state index contributed by atoms with van der Waals surface area (Å²) in [6.07, 6.45) is 1.32. The topological polar surface area (TPSA) is 17.1 Å². The normalized spacial score (nSPS) is 9.83. The first kappa shape index (κ1) is 9.27. The van der Waals surface area contributed by atoms with Crippen LogP contribution in [0.15, 0.2) is 24.3 Å². The fraction of sp³-hybridized carbons (Fsp3) is 0.300. The number of halogens is 1. The summed E-state index contributed by atoms with van der Waals surface area (Å²) < 4.78 is 0. The van der Waals surface area contributed by atoms with Gasteiger partial charge in [0.25, 0.3) is 0 Å². The summed E-state index contributed by atoms with van der Waals surface area (Å²) in [4.78, 5) is 10.7. The Kier molecular flexibility index (Phi) is 3.30. The zero-order valence-electron chi connectivity index (χ0n) is 7.01. The van der Waals surface area contributed by atoms with Crippen molar-refractivity contribution >= 4 is 17.4 Å². The Hall–Kier alpha value is -0.820. The predicted octanol–water partition coefficient (Wildman–Crippen LogP) is 2.86. The number of carbonyl (C=O) groups is 1. The van der Waals surface area contributed by atoms with E-state index in [9.17, 15) is 4.79 Å². The van der Waals surface area contributed by atoms with Gasteiger partial charge in [-0.15, -0.1) is 0 Å². The summed E-state index contributed by atoms with van der Waals surface area (Å²) in [5.41, 5.74) is 1.05. The van der Waals surface area contributed by atoms with E-state index in [-0.39, 0.29) is 5.78 Å². The second-order valence-electron chi connectivity index (χ2n) is 2.79. The largest absolute Gasteiger partial charge is 0.300 e. The Labute approximate surface area is 77.4 Å². The zero-order chi connectivity index (χ0) is 8.97. The summed E-state index contributed by atoms with van der Waals surface area (Å²) in [6.45, 7) is 1.59. The van der Waals surface area contributed by atoms with Crippen LogP contribution in [0.2, 0.25) is 5.02 Å². The maximum absolute atomic E-state index is 10.7. The molecule has 1 nitrogen and oxygen atoms in total. The molecule has 0 unspecified atom stereocenters. The van der Waals surface area contributed by atoms with E-state index in [0.29, 0.717) is 6.42 Å². The Balaban J connectivity index is 2.63. The first-order valence-electron chi connectivity index (χ1n) is 3.93. The zero-order valence-corrected chi connectivity index (χ0v) is 7.77. The third-order valence-electron chi connectivity index (χ3n) is 1.70. The van der Waals surface area contributed by atoms with Gasteiger partial charge in [-0.3, -0.25) is 0 Å². The number of carbonyl (C=O) groups excluding carboxylic acids is 1. The molecule has 0 heterocycles. The van der Waals surface area contributed by atoms with Crippen LogP contribution in [-0.4, -0.2) is 5.78 Å². The van der Waals surface area contributed by atoms with Gasteiger partial charge in [-0.2, -0.15) is 0 Å². The molecule has 0 N–H and O–H groups in total. The second kappa shape index (κ2) is 4.27. The lowest BCUT2D eigenvalue weighted by Gasteiger charge is -2.00. The minimum atomic E-state index is 0.204. The van der Waals surface area contributed by atoms with Crippen LogP contribution in [0.25, 0.3) is 0 Å². The van der Waals surface area contributed by atoms with Gasteiger partial charge < -0.3 is 4.79 Å². The third kappa shape index (κ3) is 2.67. The molecule has 0 aromatic heterocycles. The molecule has 0 amide bonds. The molecule has 1 aromatic rings. The van der Waals surface area contributed by atoms with Crippen molar-refractivity contribution in [1.82, 2.24) is 0 Å². The third-order valence-corrected chi connectivity index (χ3v) is 2.07. The van der Waals surface area contributed by atoms with E-state index in [1.807, 2.05) is 24.3 Å². The lowest BCUT2D eigenvalue weighted by molar-refractivity contribution is -0.116. The molecule has 0 aliphatic rings. The standard InChI is InChI=1S/C10H11ClO/c1-8(12)6-7-9-4-2-3-5-10(9)11/h2-5H,6-7H2,1H3. The average molecular weight is 183 g/mol. The molecule has 0 saturated heterocycles. The molecule has 1 aromatic carbocycles. The van der Waals surface area contributed by atoms with Gasteiger partial charge in [-0.1, -0.05) is 29.8 Å². The van der Waals surface area contributed by atoms with Crippen molar-refractivity contribution in [2.45, 2.75) is 19.8 Å². The van der Waals surface area contributed by atoms with E-state index in [1.54, 1.807) is 6.92 Å². The molecule has 0 aliphatic heterocycles. The highest BCUT2D eigenvalue weighted by atomic mass is 35.5. The molecule has 0 spiro atoms. The van der Waals surface area contributed by atoms with Crippen LogP contribution >= 0.6 is 11.6 Å². The Bertz CT molecular complexity index is 281. The van der Waals surface area contributed by atoms with Crippen molar-refractivity contribution in [2.75, 3.05) is 0 Å². The quantitative estimate of drug-likeness (QED) is 0.703. The Morgan fingerprint density at radius 3 is 2.67 bits per heavy atom. The summed E-state index contributed by atoms with van der Waals surface area (Å²) in [7, 11) is 0. The SMILES string of the molecule is CC(=O)CCc1ccccc1Cl. The van der Waals surface area contributed by atoms with Gasteiger partial charge in [0.1, 0.15) is 5.78 Å². The Morgan fingerprint density at radius 2 is 2.08 bits per heavy atom. The number of Topliss-reactive ketones (excluding diaryl/α,β-unsaturated/α-hetero) is 1. The van der Waals surface area contributed by atoms with E-state index in [4.69, 9.17) is 11.6 Å². The molecular weight excluding hydrogens is 172 g/mol. The minimum Gasteiger partial charge on any atom is -0.300 e. The molecular formula is C10H11ClO. The van der Waals surface area contributed by atoms with Crippen LogP contribution in [0.4, 0.5) is 0 Å². The molecule has 0 bridgehead atoms. The van der Waals surface area contributed by atoms with Crippen LogP contribution < -0.4 is 0 Å². The molecule has 0 atom stereocenters. The van der Waals surface area contributed by atoms with Crippen molar-refractivity contribution in [3.05, 3.63) is 34.9 Å². The maximum Gasteiger partial charge on any atom is 0.130 e. The van der Waals surface area contributed by atoms with Crippen LogP contribution in [-0.2, 0) is 11.2 Å². The highest BCUT2D eigenvalue weighted by Gasteiger charge is 1.99. The van der Waals surface area contributed by atoms with E-state index in [1.165, 1.54) is 0 Å². The van der Waals surface area contributed by atoms with Crippen molar-refractivity contribution in [2.24, 2.45) is 0 Å². The number of hydrogen-bond donors (Lipinski definition) is 0. The summed E-state index contributed by atoms with van der Waals surface area (Å²) >= 11 is 5.90. The summed E-state index contributed by atoms with van der Waals surface area (Å²) in [5.74, 6) is 0.204. The van der Waals surface area contributed by atoms with E-state index < -0.39 is 0 Å². The van der Waals surface area contributed by atoms with Crippen LogP contribution in [0.5, 0.6) is 0 Å². The molecule has 0 aliphatic carbocycles. The summed E-state index contributed by atoms with van der Waals surface area (Å²) in [5, 5.41) is 0.749. The van der Waals surface area contributed by atoms with E-state index in [0.717, 1.165) is 17.0 Å². The molecule has 2 heteroatoms. The highest BCUT2D eigenvalue weighted by molar-refractivity contribution is 6.31. The number of rotatable bonds is 3. The van der Waals surface area contributed by atoms with Gasteiger partial charge in [0.15, 0.2) is 0 Å². The van der Waals surface area contributed by atoms with Crippen molar-refractivity contribution < 1.29 is 4.79 Å². The fourth-order valence-corrected chi connectivity index (χ4v) is 1.24. The van der Waals surface area contributed by atoms with Crippen molar-refractivity contribution in [1.29, 1.82) is 0 Å². The Morgan fingerprint density at radius 1 is 1.42 bits per heavy atom. The van der Waals surface area contributed by atoms with Gasteiger partial charge >= 0.3 is 0 Å². The van der Waals surface area contributed by atoms with E-state index >= 15 is 0 Å². The van der Waals surface area contributed by atoms with Crippen molar-refractivity contribution in [3.63, 3.8) is 0 Å². The van der Waals surface area contributed by atoms with Gasteiger partial charge in [-0.05, 0) is 25.0 Å². The lowest BCUT2D eigenvalue weighted by Crippen LogP contribution is -1.94. The predicted molar refractivity (Wildman–Crippen MR) is 50.5 cm³/mol. The molecule has 64 valence electrons. The van der Waals surface area contributed by atoms with Crippen LogP contribution in [0, 0.1) is 0 Å². The van der Waals surface area contributed by atoms with Gasteiger partial charge in [0, 0.05) is 11.4 Å². The number of ketones is 1. The maximum atomic E-state index is 10.7. The van der Waals surface area contributed by atoms with E-state index in [2.05, 4.69) is 0 Å². The highest BCUT2D eigenvalue weighted by Crippen LogP contribution is 2.16. The molecule has 0 saturated carbocycles. The molecule has 12 heavy (non-hydrogen) atoms. The summed E-state index contributed by atoms with van der Waals surface area (Å²) in [6, 6.07) is 7.61. The average Bonchev–Trinajstić information content (AvgIpc) is 2.03. The van der Waals surface area contributed by atoms with Crippen LogP contribution in [0.1, 0.15) is 18.9 Å². The molecule has 0 radical (unpaired) electrons. The monoisotopic (exact) mass is 182 g/mol. The lowest BCUT2D eigenvalue weighted by atomic mass is 10.1. The first-order chi connectivity index (χ1) is 5.70. The fourth-order valence-electron chi connectivity index (χ4n) is 1.01. The minimum absolute atomic E-state index is 0.204. The number of aryl methyl sites for hydroxylation is 1. The van der Waals surface area contributed by atoms with Gasteiger partial charge in [0.2, 0.25) is 0 Å². The van der Waals surface area contributed by atoms with Gasteiger partial charge in [0.05, 0.1) is 0 Å². The van der Waals surface area contributed by atoms with Crippen LogP contribution in [0.3, 0.4) is 0 Å².